The third kappa shape index (κ3) is 4.90. The molecule has 1 saturated heterocycles. The molecule has 4 N–H and O–H groups in total. The Labute approximate surface area is 197 Å². The van der Waals surface area contributed by atoms with Gasteiger partial charge in [0.1, 0.15) is 6.61 Å². The van der Waals surface area contributed by atoms with Gasteiger partial charge in [0.05, 0.1) is 12.0 Å². The summed E-state index contributed by atoms with van der Waals surface area (Å²) in [6, 6.07) is 16.1. The number of nitrogens with one attached hydrogen (secondary N) is 2. The molecule has 1 atom stereocenters. The number of hydrogen-bond donors (Lipinski definition) is 4. The molecule has 0 spiro atoms. The predicted molar refractivity (Wildman–Crippen MR) is 122 cm³/mol. The molecule has 0 saturated carbocycles. The number of hydrogen-bond acceptors (Lipinski definition) is 6. The van der Waals surface area contributed by atoms with Crippen LogP contribution in [-0.2, 0) is 19.1 Å². The van der Waals surface area contributed by atoms with Crippen LogP contribution in [0.4, 0.5) is 4.79 Å². The second-order valence-corrected chi connectivity index (χ2v) is 8.64. The average Bonchev–Trinajstić information content (AvgIpc) is 3.18. The molecule has 1 aliphatic carbocycles. The summed E-state index contributed by atoms with van der Waals surface area (Å²) in [5, 5.41) is 23.5. The smallest absolute Gasteiger partial charge is 0.407 e. The molecule has 2 aliphatic rings. The van der Waals surface area contributed by atoms with Crippen molar-refractivity contribution in [2.45, 2.75) is 24.9 Å². The third-order valence-electron chi connectivity index (χ3n) is 6.59. The van der Waals surface area contributed by atoms with Gasteiger partial charge in [-0.2, -0.15) is 0 Å². The largest absolute Gasteiger partial charge is 0.479 e. The van der Waals surface area contributed by atoms with Gasteiger partial charge in [0, 0.05) is 25.7 Å². The van der Waals surface area contributed by atoms with Crippen LogP contribution in [0.15, 0.2) is 48.5 Å². The van der Waals surface area contributed by atoms with Gasteiger partial charge < -0.3 is 30.3 Å². The van der Waals surface area contributed by atoms with Gasteiger partial charge >= 0.3 is 12.1 Å². The van der Waals surface area contributed by atoms with Gasteiger partial charge in [-0.3, -0.25) is 4.79 Å². The van der Waals surface area contributed by atoms with Crippen LogP contribution in [0, 0.1) is 5.41 Å². The van der Waals surface area contributed by atoms with Gasteiger partial charge in [-0.15, -0.1) is 0 Å². The van der Waals surface area contributed by atoms with Gasteiger partial charge in [-0.25, -0.2) is 9.59 Å². The molecule has 1 heterocycles. The first-order valence-corrected chi connectivity index (χ1v) is 11.3. The van der Waals surface area contributed by atoms with Gasteiger partial charge in [-0.1, -0.05) is 48.5 Å². The molecule has 2 aromatic rings. The fourth-order valence-corrected chi connectivity index (χ4v) is 4.60. The Hall–Kier alpha value is -3.43. The first-order valence-electron chi connectivity index (χ1n) is 11.3. The van der Waals surface area contributed by atoms with Crippen LogP contribution in [0.5, 0.6) is 0 Å². The molecule has 1 unspecified atom stereocenters. The minimum Gasteiger partial charge on any atom is -0.479 e. The maximum absolute atomic E-state index is 12.8. The summed E-state index contributed by atoms with van der Waals surface area (Å²) in [6.07, 6.45) is -1.63. The first kappa shape index (κ1) is 23.7. The molecule has 0 radical (unpaired) electrons. The minimum absolute atomic E-state index is 0.0159. The van der Waals surface area contributed by atoms with E-state index in [4.69, 9.17) is 14.6 Å². The fraction of sp³-hybridized carbons (Fsp3) is 0.400. The number of carbonyl (C=O) groups excluding carboxylic acids is 2. The molecule has 9 heteroatoms. The van der Waals surface area contributed by atoms with E-state index in [9.17, 15) is 19.5 Å². The van der Waals surface area contributed by atoms with Crippen LogP contribution < -0.4 is 10.6 Å². The maximum Gasteiger partial charge on any atom is 0.407 e. The summed E-state index contributed by atoms with van der Waals surface area (Å²) in [5.74, 6) is -1.93. The van der Waals surface area contributed by atoms with Gasteiger partial charge in [-0.05, 0) is 35.1 Å². The zero-order valence-electron chi connectivity index (χ0n) is 18.7. The topological polar surface area (TPSA) is 134 Å². The Bertz CT molecular complexity index is 1020. The molecule has 180 valence electrons. The lowest BCUT2D eigenvalue weighted by Crippen LogP contribution is -2.53. The summed E-state index contributed by atoms with van der Waals surface area (Å²) in [7, 11) is 0. The summed E-state index contributed by atoms with van der Waals surface area (Å²) in [4.78, 5) is 36.2. The highest BCUT2D eigenvalue weighted by Crippen LogP contribution is 2.44. The van der Waals surface area contributed by atoms with E-state index in [0.717, 1.165) is 22.3 Å². The lowest BCUT2D eigenvalue weighted by molar-refractivity contribution is -0.147. The number of benzene rings is 2. The predicted octanol–water partition coefficient (Wildman–Crippen LogP) is 1.88. The highest BCUT2D eigenvalue weighted by molar-refractivity contribution is 5.84. The van der Waals surface area contributed by atoms with Crippen LogP contribution in [0.2, 0.25) is 0 Å². The molecule has 0 aromatic heterocycles. The number of rotatable bonds is 8. The zero-order valence-corrected chi connectivity index (χ0v) is 18.7. The van der Waals surface area contributed by atoms with E-state index in [-0.39, 0.29) is 19.1 Å². The van der Waals surface area contributed by atoms with Crippen molar-refractivity contribution in [1.29, 1.82) is 0 Å². The van der Waals surface area contributed by atoms with E-state index in [2.05, 4.69) is 22.8 Å². The van der Waals surface area contributed by atoms with E-state index >= 15 is 0 Å². The van der Waals surface area contributed by atoms with E-state index in [0.29, 0.717) is 26.1 Å². The molecular formula is C25H28N2O7. The molecule has 2 aromatic carbocycles. The highest BCUT2D eigenvalue weighted by atomic mass is 16.5. The van der Waals surface area contributed by atoms with Crippen LogP contribution in [0.3, 0.4) is 0 Å². The standard InChI is InChI=1S/C25H28N2O7/c28-21(22(29)30)13-26-23(31)25(9-11-33-12-10-25)15-27-24(32)34-14-20-18-7-3-1-5-16(18)17-6-2-4-8-19(17)20/h1-8,20-21,28H,9-15H2,(H,26,31)(H,27,32)(H,29,30). The summed E-state index contributed by atoms with van der Waals surface area (Å²) in [5.41, 5.74) is 3.51. The molecule has 0 bridgehead atoms. The number of aliphatic hydroxyl groups excluding tert-OH is 1. The van der Waals surface area contributed by atoms with E-state index < -0.39 is 36.0 Å². The monoisotopic (exact) mass is 468 g/mol. The fourth-order valence-electron chi connectivity index (χ4n) is 4.60. The lowest BCUT2D eigenvalue weighted by atomic mass is 9.79. The molecule has 34 heavy (non-hydrogen) atoms. The first-order chi connectivity index (χ1) is 16.4. The molecule has 1 aliphatic heterocycles. The number of alkyl carbamates (subject to hydrolysis) is 1. The number of aliphatic carboxylic acids is 1. The number of carbonyl (C=O) groups is 3. The Balaban J connectivity index is 1.37. The second kappa shape index (κ2) is 10.2. The zero-order chi connectivity index (χ0) is 24.1. The Morgan fingerprint density at radius 2 is 1.59 bits per heavy atom. The molecular weight excluding hydrogens is 440 g/mol. The molecule has 9 nitrogen and oxygen atoms in total. The molecule has 1 fully saturated rings. The van der Waals surface area contributed by atoms with Crippen molar-refractivity contribution >= 4 is 18.0 Å². The minimum atomic E-state index is -1.70. The SMILES string of the molecule is O=C(NCC1(C(=O)NCC(O)C(=O)O)CCOCC1)OCC1c2ccccc2-c2ccccc21. The van der Waals surface area contributed by atoms with E-state index in [1.165, 1.54) is 0 Å². The summed E-state index contributed by atoms with van der Waals surface area (Å²) < 4.78 is 10.9. The van der Waals surface area contributed by atoms with Crippen LogP contribution >= 0.6 is 0 Å². The summed E-state index contributed by atoms with van der Waals surface area (Å²) in [6.45, 7) is 0.430. The number of carboxylic acid groups (broad SMARTS) is 1. The third-order valence-corrected chi connectivity index (χ3v) is 6.59. The normalized spacial score (nSPS) is 17.2. The average molecular weight is 469 g/mol. The van der Waals surface area contributed by atoms with Crippen LogP contribution in [0.25, 0.3) is 11.1 Å². The number of carboxylic acids is 1. The van der Waals surface area contributed by atoms with Crippen molar-refractivity contribution in [1.82, 2.24) is 10.6 Å². The van der Waals surface area contributed by atoms with Gasteiger partial charge in [0.15, 0.2) is 6.10 Å². The van der Waals surface area contributed by atoms with Crippen molar-refractivity contribution in [2.75, 3.05) is 32.9 Å². The van der Waals surface area contributed by atoms with E-state index in [1.807, 2.05) is 36.4 Å². The van der Waals surface area contributed by atoms with Crippen molar-refractivity contribution in [2.24, 2.45) is 5.41 Å². The van der Waals surface area contributed by atoms with Crippen molar-refractivity contribution in [3.63, 3.8) is 0 Å². The van der Waals surface area contributed by atoms with Crippen molar-refractivity contribution in [3.8, 4) is 11.1 Å². The van der Waals surface area contributed by atoms with Crippen molar-refractivity contribution < 1.29 is 34.1 Å². The van der Waals surface area contributed by atoms with E-state index in [1.54, 1.807) is 0 Å². The number of ether oxygens (including phenoxy) is 2. The molecule has 2 amide bonds. The maximum atomic E-state index is 12.8. The number of amides is 2. The van der Waals surface area contributed by atoms with Gasteiger partial charge in [0.2, 0.25) is 5.91 Å². The van der Waals surface area contributed by atoms with Gasteiger partial charge in [0.25, 0.3) is 0 Å². The van der Waals surface area contributed by atoms with Crippen LogP contribution in [0.1, 0.15) is 29.9 Å². The Kier molecular flexibility index (Phi) is 7.14. The van der Waals surface area contributed by atoms with Crippen LogP contribution in [-0.4, -0.2) is 67.2 Å². The number of aliphatic hydroxyl groups is 1. The lowest BCUT2D eigenvalue weighted by Gasteiger charge is -2.35. The second-order valence-electron chi connectivity index (χ2n) is 8.64. The molecule has 4 rings (SSSR count). The quantitative estimate of drug-likeness (QED) is 0.465. The van der Waals surface area contributed by atoms with Crippen molar-refractivity contribution in [3.05, 3.63) is 59.7 Å². The number of fused-ring (bicyclic) bond motifs is 3. The highest BCUT2D eigenvalue weighted by Gasteiger charge is 2.41. The Morgan fingerprint density at radius 1 is 1.00 bits per heavy atom. The summed E-state index contributed by atoms with van der Waals surface area (Å²) >= 11 is 0. The Morgan fingerprint density at radius 3 is 2.18 bits per heavy atom.